The molecule has 1 saturated heterocycles. The second kappa shape index (κ2) is 12.9. The molecule has 1 fully saturated rings. The Labute approximate surface area is 231 Å². The van der Waals surface area contributed by atoms with Crippen molar-refractivity contribution in [3.63, 3.8) is 0 Å². The topological polar surface area (TPSA) is 206 Å². The van der Waals surface area contributed by atoms with Crippen molar-refractivity contribution in [3.8, 4) is 0 Å². The predicted octanol–water partition coefficient (Wildman–Crippen LogP) is -13.4. The van der Waals surface area contributed by atoms with Crippen LogP contribution in [0.1, 0.15) is 6.23 Å². The van der Waals surface area contributed by atoms with Gasteiger partial charge in [0.2, 0.25) is 0 Å². The maximum atomic E-state index is 12.0. The minimum Gasteiger partial charge on any atom is -0.810 e. The molecule has 13 nitrogen and oxygen atoms in total. The molecule has 5 atom stereocenters. The van der Waals surface area contributed by atoms with E-state index in [0.717, 1.165) is 21.4 Å². The van der Waals surface area contributed by atoms with E-state index in [1.165, 1.54) is 7.05 Å². The largest absolute Gasteiger partial charge is 1.00 e. The van der Waals surface area contributed by atoms with Gasteiger partial charge in [0.1, 0.15) is 25.9 Å². The van der Waals surface area contributed by atoms with E-state index >= 15 is 0 Å². The van der Waals surface area contributed by atoms with E-state index in [0.29, 0.717) is 0 Å². The van der Waals surface area contributed by atoms with Crippen LogP contribution in [-0.4, -0.2) is 50.2 Å². The van der Waals surface area contributed by atoms with Crippen LogP contribution in [0.25, 0.3) is 0 Å². The fourth-order valence-corrected chi connectivity index (χ4v) is 4.72. The first-order chi connectivity index (χ1) is 11.8. The van der Waals surface area contributed by atoms with E-state index in [-0.39, 0.29) is 88.7 Å². The van der Waals surface area contributed by atoms with Gasteiger partial charge in [-0.2, -0.15) is 0 Å². The minimum absolute atomic E-state index is 0. The van der Waals surface area contributed by atoms with Crippen LogP contribution >= 0.6 is 15.2 Å². The third kappa shape index (κ3) is 8.96. The molecule has 2 heterocycles. The molecule has 0 spiro atoms. The summed E-state index contributed by atoms with van der Waals surface area (Å²) in [5.41, 5.74) is -1.48. The fraction of sp³-hybridized carbons (Fsp3) is 0.636. The number of hydrogen-bond donors (Lipinski definition) is 2. The molecule has 0 bridgehead atoms. The number of aromatic nitrogens is 2. The van der Waals surface area contributed by atoms with Gasteiger partial charge in [-0.05, 0) is 0 Å². The Morgan fingerprint density at radius 3 is 2.21 bits per heavy atom. The normalized spacial score (nSPS) is 25.9. The fourth-order valence-electron chi connectivity index (χ4n) is 2.32. The van der Waals surface area contributed by atoms with Gasteiger partial charge in [0, 0.05) is 25.2 Å². The first-order valence-corrected chi connectivity index (χ1v) is 10.5. The number of rotatable bonds is 6. The van der Waals surface area contributed by atoms with E-state index in [2.05, 4.69) is 4.52 Å². The molecule has 1 aliphatic heterocycles. The third-order valence-electron chi connectivity index (χ3n) is 3.61. The number of hydrogen-bond acceptors (Lipinski definition) is 11. The van der Waals surface area contributed by atoms with E-state index in [1.807, 2.05) is 0 Å². The van der Waals surface area contributed by atoms with Gasteiger partial charge in [0.05, 0.1) is 6.61 Å². The van der Waals surface area contributed by atoms with Gasteiger partial charge < -0.3 is 43.3 Å². The first kappa shape index (κ1) is 33.0. The van der Waals surface area contributed by atoms with Crippen LogP contribution < -0.4 is 115 Å². The summed E-state index contributed by atoms with van der Waals surface area (Å²) in [6.45, 7) is -0.893. The van der Waals surface area contributed by atoms with Crippen molar-refractivity contribution in [3.05, 3.63) is 33.1 Å². The average Bonchev–Trinajstić information content (AvgIpc) is 2.77. The Balaban J connectivity index is 0. The molecule has 1 unspecified atom stereocenters. The summed E-state index contributed by atoms with van der Waals surface area (Å²) in [5.74, 6) is -1.75. The Morgan fingerprint density at radius 1 is 1.14 bits per heavy atom. The molecule has 1 aliphatic rings. The van der Waals surface area contributed by atoms with Gasteiger partial charge in [-0.1, -0.05) is 7.60 Å². The first-order valence-electron chi connectivity index (χ1n) is 7.08. The molecule has 18 heteroatoms. The average molecular weight is 482 g/mol. The molecule has 0 saturated carbocycles. The third-order valence-corrected chi connectivity index (χ3v) is 6.92. The van der Waals surface area contributed by atoms with Crippen molar-refractivity contribution < 1.29 is 132 Å². The number of nitrogens with zero attached hydrogens (tertiary/aromatic N) is 2. The molecule has 2 rings (SSSR count). The van der Waals surface area contributed by atoms with Crippen molar-refractivity contribution in [2.24, 2.45) is 7.05 Å². The standard InChI is InChI=1S/C11H18N2O11P2.3Na/c1-12-7(14)2-3-13(11(12)17)10-9(16)8(15)6(24-10)4-23-26(21,22)5-25(18,19)20;;;/h2-3,6,8-10,15-16H,4-5H2,1H3,(H,21,22)(H2,18,19,20);;;/q;3*+1/p-3/t6-,8-,9-,10-;;;/m1.../s1. The van der Waals surface area contributed by atoms with Gasteiger partial charge in [-0.25, -0.2) is 4.79 Å². The van der Waals surface area contributed by atoms with Crippen LogP contribution in [0.4, 0.5) is 0 Å². The van der Waals surface area contributed by atoms with Crippen molar-refractivity contribution >= 4 is 15.2 Å². The number of ether oxygens (including phenoxy) is 1. The second-order valence-electron chi connectivity index (χ2n) is 5.61. The van der Waals surface area contributed by atoms with Gasteiger partial charge in [-0.3, -0.25) is 13.9 Å². The van der Waals surface area contributed by atoms with Crippen LogP contribution in [0.15, 0.2) is 21.9 Å². The zero-order valence-electron chi connectivity index (χ0n) is 16.2. The Morgan fingerprint density at radius 2 is 1.69 bits per heavy atom. The van der Waals surface area contributed by atoms with E-state index < -0.39 is 63.5 Å². The number of aliphatic hydroxyl groups excluding tert-OH is 2. The van der Waals surface area contributed by atoms with E-state index in [9.17, 15) is 43.6 Å². The smallest absolute Gasteiger partial charge is 0.810 e. The maximum Gasteiger partial charge on any atom is 1.00 e. The molecule has 0 amide bonds. The SMILES string of the molecule is Cn1c(=O)ccn([C@@H]2O[C@H](COP(=O)([O-])CP(=O)([O-])[O-])[C@@H](O)[C@H]2O)c1=O.[Na+].[Na+].[Na+]. The molecule has 2 N–H and O–H groups in total. The van der Waals surface area contributed by atoms with Crippen LogP contribution in [0.3, 0.4) is 0 Å². The Kier molecular flexibility index (Phi) is 14.7. The summed E-state index contributed by atoms with van der Waals surface area (Å²) in [6, 6.07) is 1.01. The van der Waals surface area contributed by atoms with Crippen LogP contribution in [0.2, 0.25) is 0 Å². The zero-order chi connectivity index (χ0) is 19.9. The second-order valence-corrected chi connectivity index (χ2v) is 9.44. The molecule has 29 heavy (non-hydrogen) atoms. The summed E-state index contributed by atoms with van der Waals surface area (Å²) in [5, 5.41) is 19.9. The predicted molar refractivity (Wildman–Crippen MR) is 77.9 cm³/mol. The number of aliphatic hydroxyl groups is 2. The van der Waals surface area contributed by atoms with E-state index in [1.54, 1.807) is 0 Å². The van der Waals surface area contributed by atoms with Crippen molar-refractivity contribution in [2.75, 3.05) is 12.5 Å². The Hall–Kier alpha value is 1.86. The monoisotopic (exact) mass is 482 g/mol. The minimum atomic E-state index is -5.38. The molecule has 0 aliphatic carbocycles. The van der Waals surface area contributed by atoms with E-state index in [4.69, 9.17) is 4.74 Å². The summed E-state index contributed by atoms with van der Waals surface area (Å²) in [4.78, 5) is 55.9. The summed E-state index contributed by atoms with van der Waals surface area (Å²) >= 11 is 0. The molecular weight excluding hydrogens is 467 g/mol. The van der Waals surface area contributed by atoms with Crippen molar-refractivity contribution in [2.45, 2.75) is 24.5 Å². The molecule has 0 aromatic carbocycles. The molecule has 1 aromatic rings. The van der Waals surface area contributed by atoms with Gasteiger partial charge in [0.25, 0.3) is 5.56 Å². The molecule has 148 valence electrons. The zero-order valence-corrected chi connectivity index (χ0v) is 24.0. The van der Waals surface area contributed by atoms with Crippen LogP contribution in [-0.2, 0) is 25.4 Å². The maximum absolute atomic E-state index is 12.0. The van der Waals surface area contributed by atoms with Gasteiger partial charge >= 0.3 is 94.4 Å². The van der Waals surface area contributed by atoms with Gasteiger partial charge in [-0.15, -0.1) is 0 Å². The van der Waals surface area contributed by atoms with Crippen molar-refractivity contribution in [1.82, 2.24) is 9.13 Å². The molecule has 1 aromatic heterocycles. The summed E-state index contributed by atoms with van der Waals surface area (Å²) in [7, 11) is -9.26. The van der Waals surface area contributed by atoms with Crippen LogP contribution in [0.5, 0.6) is 0 Å². The van der Waals surface area contributed by atoms with Crippen LogP contribution in [0, 0.1) is 0 Å². The summed E-state index contributed by atoms with van der Waals surface area (Å²) in [6.07, 6.45) is -5.23. The molecular formula is C11H15N2Na3O11P2. The van der Waals surface area contributed by atoms with Crippen molar-refractivity contribution in [1.29, 1.82) is 0 Å². The Bertz CT molecular complexity index is 888. The quantitative estimate of drug-likeness (QED) is 0.288. The summed E-state index contributed by atoms with van der Waals surface area (Å²) < 4.78 is 33.0. The van der Waals surface area contributed by atoms with Gasteiger partial charge in [0.15, 0.2) is 6.23 Å². The molecule has 0 radical (unpaired) electrons.